The van der Waals surface area contributed by atoms with Crippen molar-refractivity contribution >= 4 is 35.2 Å². The Labute approximate surface area is 153 Å². The van der Waals surface area contributed by atoms with Gasteiger partial charge in [0.05, 0.1) is 11.3 Å². The molecular formula is C17H13ClN6O2. The van der Waals surface area contributed by atoms with Crippen molar-refractivity contribution in [3.05, 3.63) is 52.3 Å². The highest BCUT2D eigenvalue weighted by Gasteiger charge is 2.31. The standard InChI is InChI=1S/C17H13ClN6O2/c1-9-12(4-3-5-14(9)18)15-7-6-11(26-15)8-13-10(2)21-24(16(13)25)17-19-22-23-20-17/h3-8H,1-2H3,(H,19,20,22,23)/b13-8-. The molecule has 0 aliphatic carbocycles. The SMILES string of the molecule is CC1=NN(c2nn[nH]n2)C(=O)/C1=C\c1ccc(-c2cccc(Cl)c2C)o1. The third-order valence-corrected chi connectivity index (χ3v) is 4.44. The number of carbonyl (C=O) groups excluding carboxylic acids is 1. The van der Waals surface area contributed by atoms with Gasteiger partial charge >= 0.3 is 0 Å². The predicted molar refractivity (Wildman–Crippen MR) is 96.6 cm³/mol. The number of H-pyrrole nitrogens is 1. The molecule has 26 heavy (non-hydrogen) atoms. The molecule has 0 fully saturated rings. The van der Waals surface area contributed by atoms with Gasteiger partial charge in [0.15, 0.2) is 0 Å². The first-order valence-electron chi connectivity index (χ1n) is 7.75. The molecule has 0 saturated carbocycles. The first-order chi connectivity index (χ1) is 12.5. The van der Waals surface area contributed by atoms with E-state index in [4.69, 9.17) is 16.0 Å². The van der Waals surface area contributed by atoms with Gasteiger partial charge in [-0.25, -0.2) is 0 Å². The minimum absolute atomic E-state index is 0.0902. The summed E-state index contributed by atoms with van der Waals surface area (Å²) in [6.07, 6.45) is 1.64. The zero-order valence-corrected chi connectivity index (χ0v) is 14.7. The Balaban J connectivity index is 1.66. The summed E-state index contributed by atoms with van der Waals surface area (Å²) in [5.41, 5.74) is 2.77. The number of aromatic nitrogens is 4. The largest absolute Gasteiger partial charge is 0.457 e. The average molecular weight is 369 g/mol. The number of hydrogen-bond acceptors (Lipinski definition) is 6. The molecular weight excluding hydrogens is 356 g/mol. The number of carbonyl (C=O) groups is 1. The molecule has 9 heteroatoms. The van der Waals surface area contributed by atoms with Gasteiger partial charge in [-0.15, -0.1) is 5.10 Å². The molecule has 1 aromatic carbocycles. The molecule has 0 spiro atoms. The van der Waals surface area contributed by atoms with Crippen LogP contribution in [0.5, 0.6) is 0 Å². The number of nitrogens with zero attached hydrogens (tertiary/aromatic N) is 5. The number of benzene rings is 1. The highest BCUT2D eigenvalue weighted by molar-refractivity contribution is 6.32. The van der Waals surface area contributed by atoms with Gasteiger partial charge in [0.25, 0.3) is 11.9 Å². The van der Waals surface area contributed by atoms with Crippen LogP contribution in [0.4, 0.5) is 5.95 Å². The van der Waals surface area contributed by atoms with Crippen LogP contribution in [-0.2, 0) is 4.79 Å². The highest BCUT2D eigenvalue weighted by atomic mass is 35.5. The van der Waals surface area contributed by atoms with Gasteiger partial charge in [-0.3, -0.25) is 4.79 Å². The van der Waals surface area contributed by atoms with Crippen LogP contribution in [0.1, 0.15) is 18.2 Å². The number of amides is 1. The van der Waals surface area contributed by atoms with Crippen molar-refractivity contribution in [1.82, 2.24) is 20.6 Å². The van der Waals surface area contributed by atoms with Crippen molar-refractivity contribution in [2.75, 3.05) is 5.01 Å². The molecule has 1 N–H and O–H groups in total. The van der Waals surface area contributed by atoms with E-state index in [2.05, 4.69) is 25.7 Å². The lowest BCUT2D eigenvalue weighted by Crippen LogP contribution is -2.22. The lowest BCUT2D eigenvalue weighted by atomic mass is 10.1. The Morgan fingerprint density at radius 3 is 2.85 bits per heavy atom. The monoisotopic (exact) mass is 368 g/mol. The Morgan fingerprint density at radius 1 is 1.23 bits per heavy atom. The van der Waals surface area contributed by atoms with Crippen LogP contribution in [-0.4, -0.2) is 32.2 Å². The van der Waals surface area contributed by atoms with Gasteiger partial charge in [-0.05, 0) is 48.9 Å². The molecule has 0 bridgehead atoms. The molecule has 8 nitrogen and oxygen atoms in total. The third kappa shape index (κ3) is 2.70. The number of aromatic amines is 1. The molecule has 4 rings (SSSR count). The number of hydrogen-bond donors (Lipinski definition) is 1. The number of nitrogens with one attached hydrogen (secondary N) is 1. The van der Waals surface area contributed by atoms with Gasteiger partial charge in [0.1, 0.15) is 11.5 Å². The van der Waals surface area contributed by atoms with Crippen LogP contribution in [0.3, 0.4) is 0 Å². The fourth-order valence-corrected chi connectivity index (χ4v) is 2.83. The molecule has 0 saturated heterocycles. The van der Waals surface area contributed by atoms with Gasteiger partial charge in [-0.1, -0.05) is 28.8 Å². The minimum Gasteiger partial charge on any atom is -0.457 e. The lowest BCUT2D eigenvalue weighted by molar-refractivity contribution is -0.114. The van der Waals surface area contributed by atoms with E-state index in [0.717, 1.165) is 16.1 Å². The summed E-state index contributed by atoms with van der Waals surface area (Å²) in [5, 5.41) is 19.2. The fraction of sp³-hybridized carbons (Fsp3) is 0.118. The van der Waals surface area contributed by atoms with Crippen molar-refractivity contribution in [1.29, 1.82) is 0 Å². The van der Waals surface area contributed by atoms with E-state index in [-0.39, 0.29) is 11.9 Å². The molecule has 0 radical (unpaired) electrons. The second kappa shape index (κ2) is 6.23. The van der Waals surface area contributed by atoms with Crippen LogP contribution in [0.25, 0.3) is 17.4 Å². The highest BCUT2D eigenvalue weighted by Crippen LogP contribution is 2.31. The van der Waals surface area contributed by atoms with E-state index in [0.29, 0.717) is 27.8 Å². The van der Waals surface area contributed by atoms with Crippen molar-refractivity contribution in [3.8, 4) is 11.3 Å². The quantitative estimate of drug-likeness (QED) is 0.715. The van der Waals surface area contributed by atoms with E-state index in [1.165, 1.54) is 0 Å². The number of hydrazone groups is 1. The van der Waals surface area contributed by atoms with Gasteiger partial charge in [0.2, 0.25) is 0 Å². The minimum atomic E-state index is -0.346. The normalized spacial score (nSPS) is 15.8. The Morgan fingerprint density at radius 2 is 2.08 bits per heavy atom. The van der Waals surface area contributed by atoms with Crippen molar-refractivity contribution in [3.63, 3.8) is 0 Å². The van der Waals surface area contributed by atoms with E-state index in [1.807, 2.05) is 31.2 Å². The third-order valence-electron chi connectivity index (χ3n) is 4.03. The van der Waals surface area contributed by atoms with Crippen molar-refractivity contribution < 1.29 is 9.21 Å². The smallest absolute Gasteiger partial charge is 0.293 e. The average Bonchev–Trinajstić information content (AvgIpc) is 3.35. The lowest BCUT2D eigenvalue weighted by Gasteiger charge is -2.04. The number of rotatable bonds is 3. The maximum absolute atomic E-state index is 12.6. The fourth-order valence-electron chi connectivity index (χ4n) is 2.66. The molecule has 3 heterocycles. The molecule has 130 valence electrons. The Hall–Kier alpha value is -3.26. The molecule has 1 aliphatic heterocycles. The molecule has 1 aliphatic rings. The number of furan rings is 1. The van der Waals surface area contributed by atoms with E-state index < -0.39 is 0 Å². The van der Waals surface area contributed by atoms with Gasteiger partial charge in [0, 0.05) is 10.6 Å². The summed E-state index contributed by atoms with van der Waals surface area (Å²) in [5.74, 6) is 0.951. The summed E-state index contributed by atoms with van der Waals surface area (Å²) >= 11 is 6.17. The van der Waals surface area contributed by atoms with Crippen LogP contribution in [0, 0.1) is 6.92 Å². The van der Waals surface area contributed by atoms with Crippen molar-refractivity contribution in [2.24, 2.45) is 5.10 Å². The number of anilines is 1. The Bertz CT molecular complexity index is 1050. The van der Waals surface area contributed by atoms with Gasteiger partial charge in [-0.2, -0.15) is 15.3 Å². The summed E-state index contributed by atoms with van der Waals surface area (Å²) in [7, 11) is 0. The van der Waals surface area contributed by atoms with Crippen LogP contribution in [0.15, 0.2) is 45.4 Å². The molecule has 0 atom stereocenters. The Kier molecular flexibility index (Phi) is 3.89. The maximum Gasteiger partial charge on any atom is 0.293 e. The second-order valence-electron chi connectivity index (χ2n) is 5.69. The first kappa shape index (κ1) is 16.2. The molecule has 0 unspecified atom stereocenters. The topological polar surface area (TPSA) is 100 Å². The van der Waals surface area contributed by atoms with Crippen LogP contribution < -0.4 is 5.01 Å². The first-order valence-corrected chi connectivity index (χ1v) is 8.13. The predicted octanol–water partition coefficient (Wildman–Crippen LogP) is 3.23. The zero-order valence-electron chi connectivity index (χ0n) is 13.9. The van der Waals surface area contributed by atoms with E-state index >= 15 is 0 Å². The number of halogens is 1. The van der Waals surface area contributed by atoms with Gasteiger partial charge < -0.3 is 4.42 Å². The maximum atomic E-state index is 12.6. The van der Waals surface area contributed by atoms with Crippen LogP contribution >= 0.6 is 11.6 Å². The molecule has 1 amide bonds. The molecule has 3 aromatic rings. The van der Waals surface area contributed by atoms with E-state index in [9.17, 15) is 4.79 Å². The summed E-state index contributed by atoms with van der Waals surface area (Å²) in [6, 6.07) is 9.26. The summed E-state index contributed by atoms with van der Waals surface area (Å²) in [4.78, 5) is 12.6. The summed E-state index contributed by atoms with van der Waals surface area (Å²) in [6.45, 7) is 3.66. The van der Waals surface area contributed by atoms with E-state index in [1.54, 1.807) is 19.1 Å². The van der Waals surface area contributed by atoms with Crippen molar-refractivity contribution in [2.45, 2.75) is 13.8 Å². The molecule has 2 aromatic heterocycles. The second-order valence-corrected chi connectivity index (χ2v) is 6.09. The zero-order chi connectivity index (χ0) is 18.3. The van der Waals surface area contributed by atoms with Crippen LogP contribution in [0.2, 0.25) is 5.02 Å². The number of tetrazole rings is 1. The summed E-state index contributed by atoms with van der Waals surface area (Å²) < 4.78 is 5.88.